The summed E-state index contributed by atoms with van der Waals surface area (Å²) in [5.74, 6) is -0.456. The van der Waals surface area contributed by atoms with Gasteiger partial charge in [-0.3, -0.25) is 9.59 Å². The zero-order chi connectivity index (χ0) is 19.0. The Bertz CT molecular complexity index is 1280. The van der Waals surface area contributed by atoms with Crippen LogP contribution in [0.3, 0.4) is 0 Å². The van der Waals surface area contributed by atoms with Crippen molar-refractivity contribution in [2.45, 2.75) is 0 Å². The number of H-pyrrole nitrogens is 1. The number of benzene rings is 3. The van der Waals surface area contributed by atoms with Gasteiger partial charge >= 0.3 is 0 Å². The van der Waals surface area contributed by atoms with Crippen LogP contribution in [0.5, 0.6) is 0 Å². The van der Waals surface area contributed by atoms with E-state index in [2.05, 4.69) is 20.9 Å². The maximum atomic E-state index is 12.9. The Morgan fingerprint density at radius 1 is 0.926 bits per heavy atom. The summed E-state index contributed by atoms with van der Waals surface area (Å²) < 4.78 is 1.83. The largest absolute Gasteiger partial charge is 0.331 e. The highest BCUT2D eigenvalue weighted by atomic mass is 79.9. The minimum Gasteiger partial charge on any atom is -0.331 e. The van der Waals surface area contributed by atoms with Gasteiger partial charge in [-0.2, -0.15) is 0 Å². The Morgan fingerprint density at radius 2 is 1.59 bits per heavy atom. The molecular weight excluding hydrogens is 424 g/mol. The fourth-order valence-electron chi connectivity index (χ4n) is 2.94. The second-order valence-corrected chi connectivity index (χ2v) is 7.31. The molecule has 0 saturated carbocycles. The number of fused-ring (bicyclic) bond motifs is 1. The van der Waals surface area contributed by atoms with Crippen LogP contribution in [0.4, 0.5) is 0 Å². The molecule has 0 amide bonds. The number of hydrogen-bond acceptors (Lipinski definition) is 3. The van der Waals surface area contributed by atoms with Crippen LogP contribution in [0.1, 0.15) is 10.4 Å². The number of aromatic nitrogens is 2. The van der Waals surface area contributed by atoms with Crippen molar-refractivity contribution in [1.82, 2.24) is 9.55 Å². The Labute approximate surface area is 168 Å². The van der Waals surface area contributed by atoms with Crippen LogP contribution < -0.4 is 5.56 Å². The Balaban J connectivity index is 1.79. The number of carbonyl (C=O) groups excluding carboxylic acids is 1. The van der Waals surface area contributed by atoms with Crippen molar-refractivity contribution in [2.75, 3.05) is 0 Å². The van der Waals surface area contributed by atoms with Crippen molar-refractivity contribution in [3.05, 3.63) is 98.0 Å². The standard InChI is InChI=1S/C21H13BrN2O2S/c22-16-10-11-18-17(12-16)20(26)24(21(27)23-18)19(25)15-8-6-14(7-9-15)13-4-2-1-3-5-13/h1-12H,(H,23,27). The normalized spacial score (nSPS) is 10.9. The van der Waals surface area contributed by atoms with Crippen LogP contribution in [0.2, 0.25) is 0 Å². The summed E-state index contributed by atoms with van der Waals surface area (Å²) in [5.41, 5.74) is 2.60. The number of carbonyl (C=O) groups is 1. The predicted octanol–water partition coefficient (Wildman–Crippen LogP) is 5.18. The van der Waals surface area contributed by atoms with E-state index in [1.54, 1.807) is 24.3 Å². The van der Waals surface area contributed by atoms with E-state index in [1.807, 2.05) is 48.5 Å². The maximum absolute atomic E-state index is 12.9. The van der Waals surface area contributed by atoms with Gasteiger partial charge in [-0.25, -0.2) is 4.57 Å². The quantitative estimate of drug-likeness (QED) is 0.440. The lowest BCUT2D eigenvalue weighted by Crippen LogP contribution is -2.29. The van der Waals surface area contributed by atoms with E-state index in [9.17, 15) is 9.59 Å². The topological polar surface area (TPSA) is 54.9 Å². The van der Waals surface area contributed by atoms with Gasteiger partial charge in [0.25, 0.3) is 11.5 Å². The molecule has 4 rings (SSSR count). The van der Waals surface area contributed by atoms with Gasteiger partial charge < -0.3 is 4.98 Å². The molecule has 6 heteroatoms. The van der Waals surface area contributed by atoms with Crippen LogP contribution in [0.25, 0.3) is 22.0 Å². The van der Waals surface area contributed by atoms with Crippen molar-refractivity contribution in [2.24, 2.45) is 0 Å². The molecule has 0 fully saturated rings. The molecule has 1 heterocycles. The van der Waals surface area contributed by atoms with Crippen molar-refractivity contribution in [3.63, 3.8) is 0 Å². The van der Waals surface area contributed by atoms with Gasteiger partial charge in [0.15, 0.2) is 4.77 Å². The zero-order valence-electron chi connectivity index (χ0n) is 14.0. The first kappa shape index (κ1) is 17.6. The number of halogens is 1. The first-order valence-electron chi connectivity index (χ1n) is 8.19. The van der Waals surface area contributed by atoms with E-state index in [0.717, 1.165) is 20.2 Å². The molecule has 0 spiro atoms. The van der Waals surface area contributed by atoms with E-state index in [4.69, 9.17) is 12.2 Å². The molecule has 4 nitrogen and oxygen atoms in total. The molecule has 4 aromatic rings. The second-order valence-electron chi connectivity index (χ2n) is 6.01. The third kappa shape index (κ3) is 3.29. The third-order valence-electron chi connectivity index (χ3n) is 4.30. The number of nitrogens with one attached hydrogen (secondary N) is 1. The summed E-state index contributed by atoms with van der Waals surface area (Å²) in [6, 6.07) is 22.2. The summed E-state index contributed by atoms with van der Waals surface area (Å²) in [4.78, 5) is 28.7. The molecule has 0 radical (unpaired) electrons. The Hall–Kier alpha value is -2.83. The summed E-state index contributed by atoms with van der Waals surface area (Å²) in [6.45, 7) is 0. The van der Waals surface area contributed by atoms with Gasteiger partial charge in [-0.15, -0.1) is 0 Å². The number of nitrogens with zero attached hydrogens (tertiary/aromatic N) is 1. The molecule has 0 aliphatic rings. The maximum Gasteiger partial charge on any atom is 0.269 e. The van der Waals surface area contributed by atoms with Crippen LogP contribution >= 0.6 is 28.1 Å². The molecule has 27 heavy (non-hydrogen) atoms. The number of rotatable bonds is 2. The van der Waals surface area contributed by atoms with E-state index in [1.165, 1.54) is 0 Å². The van der Waals surface area contributed by atoms with Gasteiger partial charge in [0, 0.05) is 10.0 Å². The summed E-state index contributed by atoms with van der Waals surface area (Å²) in [6.07, 6.45) is 0. The van der Waals surface area contributed by atoms with Crippen LogP contribution in [-0.4, -0.2) is 15.5 Å². The lowest BCUT2D eigenvalue weighted by Gasteiger charge is -2.08. The molecule has 0 saturated heterocycles. The zero-order valence-corrected chi connectivity index (χ0v) is 16.4. The highest BCUT2D eigenvalue weighted by molar-refractivity contribution is 9.10. The Morgan fingerprint density at radius 3 is 2.30 bits per heavy atom. The van der Waals surface area contributed by atoms with Crippen LogP contribution in [-0.2, 0) is 0 Å². The molecule has 3 aromatic carbocycles. The van der Waals surface area contributed by atoms with Crippen molar-refractivity contribution in [3.8, 4) is 11.1 Å². The molecule has 0 bridgehead atoms. The van der Waals surface area contributed by atoms with Gasteiger partial charge in [0.2, 0.25) is 0 Å². The molecular formula is C21H13BrN2O2S. The van der Waals surface area contributed by atoms with Crippen LogP contribution in [0.15, 0.2) is 82.1 Å². The molecule has 0 aliphatic heterocycles. The average molecular weight is 437 g/mol. The SMILES string of the molecule is O=C(c1ccc(-c2ccccc2)cc1)n1c(=S)[nH]c2ccc(Br)cc2c1=O. The van der Waals surface area contributed by atoms with E-state index in [0.29, 0.717) is 16.5 Å². The van der Waals surface area contributed by atoms with Gasteiger partial charge in [0.1, 0.15) is 0 Å². The van der Waals surface area contributed by atoms with Crippen molar-refractivity contribution < 1.29 is 4.79 Å². The highest BCUT2D eigenvalue weighted by Crippen LogP contribution is 2.20. The molecule has 1 aromatic heterocycles. The van der Waals surface area contributed by atoms with Crippen molar-refractivity contribution in [1.29, 1.82) is 0 Å². The minimum atomic E-state index is -0.456. The van der Waals surface area contributed by atoms with E-state index in [-0.39, 0.29) is 4.77 Å². The predicted molar refractivity (Wildman–Crippen MR) is 113 cm³/mol. The van der Waals surface area contributed by atoms with E-state index < -0.39 is 11.5 Å². The summed E-state index contributed by atoms with van der Waals surface area (Å²) in [5, 5.41) is 0.396. The molecule has 1 N–H and O–H groups in total. The van der Waals surface area contributed by atoms with E-state index >= 15 is 0 Å². The monoisotopic (exact) mass is 436 g/mol. The first-order chi connectivity index (χ1) is 13.0. The average Bonchev–Trinajstić information content (AvgIpc) is 2.69. The fourth-order valence-corrected chi connectivity index (χ4v) is 3.57. The van der Waals surface area contributed by atoms with Crippen molar-refractivity contribution >= 4 is 45.0 Å². The fraction of sp³-hybridized carbons (Fsp3) is 0. The first-order valence-corrected chi connectivity index (χ1v) is 9.39. The molecule has 0 aliphatic carbocycles. The molecule has 0 unspecified atom stereocenters. The number of hydrogen-bond donors (Lipinski definition) is 1. The molecule has 132 valence electrons. The lowest BCUT2D eigenvalue weighted by atomic mass is 10.0. The van der Waals surface area contributed by atoms with Crippen LogP contribution in [0, 0.1) is 4.77 Å². The lowest BCUT2D eigenvalue weighted by molar-refractivity contribution is 0.0953. The van der Waals surface area contributed by atoms with Gasteiger partial charge in [-0.1, -0.05) is 58.4 Å². The summed E-state index contributed by atoms with van der Waals surface area (Å²) >= 11 is 8.60. The summed E-state index contributed by atoms with van der Waals surface area (Å²) in [7, 11) is 0. The minimum absolute atomic E-state index is 0.0759. The molecule has 0 atom stereocenters. The second kappa shape index (κ2) is 7.06. The third-order valence-corrected chi connectivity index (χ3v) is 5.08. The van der Waals surface area contributed by atoms with Gasteiger partial charge in [-0.05, 0) is 53.7 Å². The Kier molecular flexibility index (Phi) is 4.59. The smallest absolute Gasteiger partial charge is 0.269 e. The van der Waals surface area contributed by atoms with Gasteiger partial charge in [0.05, 0.1) is 10.9 Å². The number of aromatic amines is 1. The highest BCUT2D eigenvalue weighted by Gasteiger charge is 2.15.